The van der Waals surface area contributed by atoms with Crippen LogP contribution in [0.25, 0.3) is 0 Å². The summed E-state index contributed by atoms with van der Waals surface area (Å²) in [4.78, 5) is 25.2. The van der Waals surface area contributed by atoms with E-state index in [1.807, 2.05) is 0 Å². The maximum atomic E-state index is 11.4. The number of hydrogen-bond acceptors (Lipinski definition) is 4. The van der Waals surface area contributed by atoms with Crippen LogP contribution in [-0.2, 0) is 0 Å². The lowest BCUT2D eigenvalue weighted by molar-refractivity contribution is 0.0801. The van der Waals surface area contributed by atoms with Gasteiger partial charge in [-0.15, -0.1) is 0 Å². The summed E-state index contributed by atoms with van der Waals surface area (Å²) in [6.07, 6.45) is 1.68. The number of aromatic amines is 1. The minimum atomic E-state index is -1.02. The van der Waals surface area contributed by atoms with Gasteiger partial charge in [0.05, 0.1) is 12.7 Å². The molecule has 0 radical (unpaired) electrons. The highest BCUT2D eigenvalue weighted by molar-refractivity contribution is 5.93. The SMILES string of the molecule is O=C(NCC(O)CO)c1c[nH]ccc1=O. The molecule has 0 spiro atoms. The Morgan fingerprint density at radius 3 is 2.93 bits per heavy atom. The molecule has 0 aliphatic carbocycles. The van der Waals surface area contributed by atoms with E-state index in [2.05, 4.69) is 10.3 Å². The van der Waals surface area contributed by atoms with Crippen molar-refractivity contribution >= 4 is 5.91 Å². The van der Waals surface area contributed by atoms with Crippen LogP contribution < -0.4 is 10.7 Å². The van der Waals surface area contributed by atoms with Crippen molar-refractivity contribution in [1.29, 1.82) is 0 Å². The molecule has 1 aromatic heterocycles. The van der Waals surface area contributed by atoms with E-state index in [1.54, 1.807) is 0 Å². The number of nitrogens with one attached hydrogen (secondary N) is 2. The van der Waals surface area contributed by atoms with Gasteiger partial charge in [-0.1, -0.05) is 0 Å². The third kappa shape index (κ3) is 3.19. The first-order valence-electron chi connectivity index (χ1n) is 4.39. The second-order valence-corrected chi connectivity index (χ2v) is 2.97. The van der Waals surface area contributed by atoms with Crippen LogP contribution in [-0.4, -0.2) is 40.4 Å². The molecule has 6 heteroatoms. The monoisotopic (exact) mass is 212 g/mol. The van der Waals surface area contributed by atoms with Crippen LogP contribution in [0.3, 0.4) is 0 Å². The Bertz CT molecular complexity index is 388. The number of carbonyl (C=O) groups is 1. The number of pyridine rings is 1. The summed E-state index contributed by atoms with van der Waals surface area (Å²) in [5.74, 6) is -0.579. The Kier molecular flexibility index (Phi) is 4.02. The number of hydrogen-bond donors (Lipinski definition) is 4. The van der Waals surface area contributed by atoms with Crippen molar-refractivity contribution < 1.29 is 15.0 Å². The van der Waals surface area contributed by atoms with Crippen LogP contribution >= 0.6 is 0 Å². The van der Waals surface area contributed by atoms with Crippen LogP contribution in [0.1, 0.15) is 10.4 Å². The number of H-pyrrole nitrogens is 1. The molecule has 82 valence electrons. The largest absolute Gasteiger partial charge is 0.394 e. The van der Waals surface area contributed by atoms with Gasteiger partial charge in [0.25, 0.3) is 5.91 Å². The number of carbonyl (C=O) groups excluding carboxylic acids is 1. The lowest BCUT2D eigenvalue weighted by Gasteiger charge is -2.08. The van der Waals surface area contributed by atoms with Crippen molar-refractivity contribution in [2.24, 2.45) is 0 Å². The van der Waals surface area contributed by atoms with Gasteiger partial charge in [0.1, 0.15) is 5.56 Å². The average Bonchev–Trinajstić information content (AvgIpc) is 2.26. The Hall–Kier alpha value is -1.66. The molecule has 1 unspecified atom stereocenters. The number of aromatic nitrogens is 1. The van der Waals surface area contributed by atoms with Gasteiger partial charge in [0.15, 0.2) is 5.43 Å². The van der Waals surface area contributed by atoms with Crippen LogP contribution in [0.15, 0.2) is 23.3 Å². The number of rotatable bonds is 4. The van der Waals surface area contributed by atoms with Crippen LogP contribution in [0, 0.1) is 0 Å². The van der Waals surface area contributed by atoms with Crippen molar-refractivity contribution in [2.75, 3.05) is 13.2 Å². The van der Waals surface area contributed by atoms with E-state index >= 15 is 0 Å². The molecule has 1 atom stereocenters. The highest BCUT2D eigenvalue weighted by Gasteiger charge is 2.10. The number of aliphatic hydroxyl groups is 2. The topological polar surface area (TPSA) is 102 Å². The van der Waals surface area contributed by atoms with Crippen molar-refractivity contribution in [3.63, 3.8) is 0 Å². The van der Waals surface area contributed by atoms with Gasteiger partial charge in [-0.05, 0) is 0 Å². The van der Waals surface area contributed by atoms with E-state index < -0.39 is 24.0 Å². The first kappa shape index (κ1) is 11.4. The van der Waals surface area contributed by atoms with Crippen molar-refractivity contribution in [2.45, 2.75) is 6.10 Å². The van der Waals surface area contributed by atoms with Gasteiger partial charge >= 0.3 is 0 Å². The molecule has 1 rings (SSSR count). The first-order valence-corrected chi connectivity index (χ1v) is 4.39. The molecule has 6 nitrogen and oxygen atoms in total. The average molecular weight is 212 g/mol. The van der Waals surface area contributed by atoms with Crippen LogP contribution in [0.5, 0.6) is 0 Å². The molecule has 4 N–H and O–H groups in total. The van der Waals surface area contributed by atoms with E-state index in [0.29, 0.717) is 0 Å². The summed E-state index contributed by atoms with van der Waals surface area (Å²) in [5.41, 5.74) is -0.424. The van der Waals surface area contributed by atoms with E-state index in [-0.39, 0.29) is 12.1 Å². The van der Waals surface area contributed by atoms with E-state index in [0.717, 1.165) is 0 Å². The zero-order valence-corrected chi connectivity index (χ0v) is 7.93. The molecule has 0 fully saturated rings. The first-order chi connectivity index (χ1) is 7.15. The Labute approximate surface area is 85.6 Å². The van der Waals surface area contributed by atoms with Crippen LogP contribution in [0.4, 0.5) is 0 Å². The molecular formula is C9H12N2O4. The quantitative estimate of drug-likeness (QED) is 0.485. The van der Waals surface area contributed by atoms with Gasteiger partial charge in [0.2, 0.25) is 0 Å². The molecule has 1 heterocycles. The molecule has 1 amide bonds. The minimum absolute atomic E-state index is 0.0253. The van der Waals surface area contributed by atoms with Crippen LogP contribution in [0.2, 0.25) is 0 Å². The summed E-state index contributed by atoms with van der Waals surface area (Å²) in [7, 11) is 0. The van der Waals surface area contributed by atoms with E-state index in [1.165, 1.54) is 18.5 Å². The Morgan fingerprint density at radius 1 is 1.60 bits per heavy atom. The Morgan fingerprint density at radius 2 is 2.33 bits per heavy atom. The number of amides is 1. The summed E-state index contributed by atoms with van der Waals surface area (Å²) in [6, 6.07) is 1.23. The van der Waals surface area contributed by atoms with Crippen molar-refractivity contribution in [3.05, 3.63) is 34.2 Å². The molecule has 15 heavy (non-hydrogen) atoms. The fraction of sp³-hybridized carbons (Fsp3) is 0.333. The minimum Gasteiger partial charge on any atom is -0.394 e. The van der Waals surface area contributed by atoms with E-state index in [9.17, 15) is 9.59 Å². The lowest BCUT2D eigenvalue weighted by atomic mass is 10.2. The second kappa shape index (κ2) is 5.28. The smallest absolute Gasteiger partial charge is 0.256 e. The zero-order chi connectivity index (χ0) is 11.3. The van der Waals surface area contributed by atoms with Crippen molar-refractivity contribution in [3.8, 4) is 0 Å². The molecular weight excluding hydrogens is 200 g/mol. The predicted octanol–water partition coefficient (Wildman–Crippen LogP) is -1.54. The molecule has 0 aromatic carbocycles. The fourth-order valence-corrected chi connectivity index (χ4v) is 0.964. The molecule has 0 saturated heterocycles. The Balaban J connectivity index is 2.62. The zero-order valence-electron chi connectivity index (χ0n) is 7.93. The maximum absolute atomic E-state index is 11.4. The highest BCUT2D eigenvalue weighted by Crippen LogP contribution is 1.88. The maximum Gasteiger partial charge on any atom is 0.256 e. The molecule has 0 saturated carbocycles. The summed E-state index contributed by atoms with van der Waals surface area (Å²) < 4.78 is 0. The predicted molar refractivity (Wildman–Crippen MR) is 52.5 cm³/mol. The van der Waals surface area contributed by atoms with Gasteiger partial charge in [-0.3, -0.25) is 9.59 Å². The van der Waals surface area contributed by atoms with E-state index in [4.69, 9.17) is 10.2 Å². The second-order valence-electron chi connectivity index (χ2n) is 2.97. The standard InChI is InChI=1S/C9H12N2O4/c12-5-6(13)3-11-9(15)7-4-10-2-1-8(7)14/h1-2,4,6,12-13H,3,5H2,(H,10,14)(H,11,15). The van der Waals surface area contributed by atoms with Gasteiger partial charge in [-0.2, -0.15) is 0 Å². The fourth-order valence-electron chi connectivity index (χ4n) is 0.964. The normalized spacial score (nSPS) is 12.1. The molecule has 0 bridgehead atoms. The van der Waals surface area contributed by atoms with Gasteiger partial charge in [0, 0.05) is 25.0 Å². The molecule has 0 aliphatic rings. The summed E-state index contributed by atoms with van der Waals surface area (Å²) in [5, 5.41) is 19.8. The summed E-state index contributed by atoms with van der Waals surface area (Å²) in [6.45, 7) is -0.533. The third-order valence-electron chi connectivity index (χ3n) is 1.78. The van der Waals surface area contributed by atoms with Gasteiger partial charge < -0.3 is 20.5 Å². The highest BCUT2D eigenvalue weighted by atomic mass is 16.3. The lowest BCUT2D eigenvalue weighted by Crippen LogP contribution is -2.36. The molecule has 0 aliphatic heterocycles. The third-order valence-corrected chi connectivity index (χ3v) is 1.78. The number of aliphatic hydroxyl groups excluding tert-OH is 2. The van der Waals surface area contributed by atoms with Crippen molar-refractivity contribution in [1.82, 2.24) is 10.3 Å². The molecule has 1 aromatic rings. The van der Waals surface area contributed by atoms with Gasteiger partial charge in [-0.25, -0.2) is 0 Å². The summed E-state index contributed by atoms with van der Waals surface area (Å²) >= 11 is 0.